The molecule has 3 rings (SSSR count). The molecule has 0 bridgehead atoms. The molecule has 8 nitrogen and oxygen atoms in total. The van der Waals surface area contributed by atoms with Crippen molar-refractivity contribution in [1.82, 2.24) is 10.2 Å². The number of sulfonamides is 1. The SMILES string of the molecule is [B]c1cc([B])c(O)c(C=Nc2ccc(S(=O)(=O)Nc3ccc(OC)nn3)cc2)c1. The molecule has 0 aliphatic rings. The van der Waals surface area contributed by atoms with Gasteiger partial charge in [0.05, 0.1) is 17.7 Å². The molecule has 4 radical (unpaired) electrons. The standard InChI is InChI=1S/C18H14B2N4O4S/c1-28-17-7-6-16(22-23-17)24-29(26,27)14-4-2-13(3-5-14)21-10-11-8-12(19)9-15(20)18(11)25/h2-10,25H,1H3,(H,22,24). The maximum Gasteiger partial charge on any atom is 0.263 e. The molecule has 0 amide bonds. The van der Waals surface area contributed by atoms with Crippen molar-refractivity contribution in [3.8, 4) is 11.6 Å². The Labute approximate surface area is 170 Å². The number of hydrogen-bond acceptors (Lipinski definition) is 7. The molecule has 0 saturated carbocycles. The number of nitrogens with zero attached hydrogens (tertiary/aromatic N) is 3. The van der Waals surface area contributed by atoms with E-state index >= 15 is 0 Å². The molecule has 11 heteroatoms. The van der Waals surface area contributed by atoms with E-state index in [1.165, 1.54) is 61.9 Å². The Morgan fingerprint density at radius 1 is 1.10 bits per heavy atom. The van der Waals surface area contributed by atoms with Gasteiger partial charge in [-0.05, 0) is 30.3 Å². The van der Waals surface area contributed by atoms with Crippen LogP contribution in [0.2, 0.25) is 0 Å². The van der Waals surface area contributed by atoms with Gasteiger partial charge in [-0.15, -0.1) is 10.2 Å². The minimum absolute atomic E-state index is 0.0186. The number of anilines is 1. The van der Waals surface area contributed by atoms with Crippen LogP contribution in [-0.2, 0) is 10.0 Å². The number of aromatic hydroxyl groups is 1. The van der Waals surface area contributed by atoms with Crippen LogP contribution in [0.4, 0.5) is 11.5 Å². The first kappa shape index (κ1) is 20.4. The number of nitrogens with one attached hydrogen (secondary N) is 1. The summed E-state index contributed by atoms with van der Waals surface area (Å²) in [6.45, 7) is 0. The molecule has 2 N–H and O–H groups in total. The largest absolute Gasteiger partial charge is 0.508 e. The van der Waals surface area contributed by atoms with Crippen LogP contribution in [0.15, 0.2) is 58.4 Å². The Bertz CT molecular complexity index is 1150. The minimum Gasteiger partial charge on any atom is -0.508 e. The lowest BCUT2D eigenvalue weighted by Crippen LogP contribution is -2.15. The molecule has 0 aliphatic carbocycles. The highest BCUT2D eigenvalue weighted by Crippen LogP contribution is 2.20. The van der Waals surface area contributed by atoms with E-state index in [1.807, 2.05) is 0 Å². The topological polar surface area (TPSA) is 114 Å². The van der Waals surface area contributed by atoms with Crippen LogP contribution in [-0.4, -0.2) is 52.7 Å². The number of methoxy groups -OCH3 is 1. The van der Waals surface area contributed by atoms with Gasteiger partial charge >= 0.3 is 0 Å². The van der Waals surface area contributed by atoms with Crippen molar-refractivity contribution in [2.75, 3.05) is 11.8 Å². The van der Waals surface area contributed by atoms with Crippen LogP contribution >= 0.6 is 0 Å². The summed E-state index contributed by atoms with van der Waals surface area (Å²) in [7, 11) is 8.94. The molecular formula is C18H14B2N4O4S. The summed E-state index contributed by atoms with van der Waals surface area (Å²) >= 11 is 0. The molecule has 2 aromatic carbocycles. The second-order valence-corrected chi connectivity index (χ2v) is 7.55. The average molecular weight is 404 g/mol. The lowest BCUT2D eigenvalue weighted by Gasteiger charge is -2.07. The average Bonchev–Trinajstić information content (AvgIpc) is 2.70. The Hall–Kier alpha value is -3.33. The molecule has 0 saturated heterocycles. The third-order valence-electron chi connectivity index (χ3n) is 3.78. The summed E-state index contributed by atoms with van der Waals surface area (Å²) in [5, 5.41) is 17.4. The van der Waals surface area contributed by atoms with Gasteiger partial charge in [0.15, 0.2) is 5.82 Å². The minimum atomic E-state index is -3.85. The van der Waals surface area contributed by atoms with Crippen LogP contribution in [0, 0.1) is 0 Å². The summed E-state index contributed by atoms with van der Waals surface area (Å²) < 4.78 is 32.1. The highest BCUT2D eigenvalue weighted by atomic mass is 32.2. The van der Waals surface area contributed by atoms with E-state index in [-0.39, 0.29) is 27.8 Å². The molecule has 142 valence electrons. The van der Waals surface area contributed by atoms with E-state index in [0.29, 0.717) is 16.7 Å². The lowest BCUT2D eigenvalue weighted by molar-refractivity contribution is 0.392. The fourth-order valence-electron chi connectivity index (χ4n) is 2.34. The molecule has 0 aliphatic heterocycles. The lowest BCUT2D eigenvalue weighted by atomic mass is 9.85. The summed E-state index contributed by atoms with van der Waals surface area (Å²) in [6.07, 6.45) is 1.39. The zero-order chi connectivity index (χ0) is 21.0. The molecule has 1 heterocycles. The third kappa shape index (κ3) is 4.94. The Balaban J connectivity index is 1.77. The van der Waals surface area contributed by atoms with E-state index < -0.39 is 10.0 Å². The van der Waals surface area contributed by atoms with Crippen molar-refractivity contribution in [1.29, 1.82) is 0 Å². The Morgan fingerprint density at radius 2 is 1.83 bits per heavy atom. The van der Waals surface area contributed by atoms with Gasteiger partial charge in [0.25, 0.3) is 10.0 Å². The highest BCUT2D eigenvalue weighted by Gasteiger charge is 2.15. The van der Waals surface area contributed by atoms with Crippen LogP contribution in [0.5, 0.6) is 11.6 Å². The number of phenolic OH excluding ortho intramolecular Hbond substituents is 1. The first-order chi connectivity index (χ1) is 13.8. The van der Waals surface area contributed by atoms with Crippen LogP contribution in [0.3, 0.4) is 0 Å². The van der Waals surface area contributed by atoms with E-state index in [2.05, 4.69) is 19.9 Å². The highest BCUT2D eigenvalue weighted by molar-refractivity contribution is 7.92. The summed E-state index contributed by atoms with van der Waals surface area (Å²) in [5.74, 6) is 0.192. The number of rotatable bonds is 6. The van der Waals surface area contributed by atoms with Crippen molar-refractivity contribution in [3.05, 3.63) is 54.1 Å². The zero-order valence-corrected chi connectivity index (χ0v) is 16.1. The monoisotopic (exact) mass is 404 g/mol. The number of hydrogen-bond donors (Lipinski definition) is 2. The van der Waals surface area contributed by atoms with Crippen molar-refractivity contribution < 1.29 is 18.3 Å². The molecule has 29 heavy (non-hydrogen) atoms. The number of benzene rings is 2. The van der Waals surface area contributed by atoms with Crippen LogP contribution in [0.25, 0.3) is 0 Å². The Kier molecular flexibility index (Phi) is 5.88. The molecule has 0 fully saturated rings. The third-order valence-corrected chi connectivity index (χ3v) is 5.15. The second kappa shape index (κ2) is 8.36. The van der Waals surface area contributed by atoms with Gasteiger partial charge in [0.1, 0.15) is 21.4 Å². The van der Waals surface area contributed by atoms with E-state index in [1.54, 1.807) is 0 Å². The van der Waals surface area contributed by atoms with E-state index in [9.17, 15) is 13.5 Å². The summed E-state index contributed by atoms with van der Waals surface area (Å²) in [5.41, 5.74) is 1.34. The predicted octanol–water partition coefficient (Wildman–Crippen LogP) is 0.330. The Morgan fingerprint density at radius 3 is 2.45 bits per heavy atom. The fourth-order valence-corrected chi connectivity index (χ4v) is 3.33. The smallest absolute Gasteiger partial charge is 0.263 e. The van der Waals surface area contributed by atoms with Gasteiger partial charge in [-0.25, -0.2) is 8.42 Å². The van der Waals surface area contributed by atoms with E-state index in [4.69, 9.17) is 20.4 Å². The molecule has 0 atom stereocenters. The van der Waals surface area contributed by atoms with Gasteiger partial charge in [0, 0.05) is 17.8 Å². The summed E-state index contributed by atoms with van der Waals surface area (Å²) in [6, 6.07) is 11.7. The predicted molar refractivity (Wildman–Crippen MR) is 112 cm³/mol. The summed E-state index contributed by atoms with van der Waals surface area (Å²) in [4.78, 5) is 4.22. The van der Waals surface area contributed by atoms with Crippen molar-refractivity contribution >= 4 is 54.4 Å². The number of ether oxygens (including phenoxy) is 1. The molecule has 0 unspecified atom stereocenters. The molecule has 1 aromatic heterocycles. The van der Waals surface area contributed by atoms with Gasteiger partial charge in [-0.3, -0.25) is 9.71 Å². The molecular weight excluding hydrogens is 390 g/mol. The van der Waals surface area contributed by atoms with Gasteiger partial charge in [0.2, 0.25) is 5.88 Å². The van der Waals surface area contributed by atoms with Crippen molar-refractivity contribution in [3.63, 3.8) is 0 Å². The fraction of sp³-hybridized carbons (Fsp3) is 0.0556. The zero-order valence-electron chi connectivity index (χ0n) is 15.3. The molecule has 3 aromatic rings. The quantitative estimate of drug-likeness (QED) is 0.452. The van der Waals surface area contributed by atoms with E-state index in [0.717, 1.165) is 0 Å². The maximum atomic E-state index is 12.5. The van der Waals surface area contributed by atoms with Crippen LogP contribution in [0.1, 0.15) is 5.56 Å². The van der Waals surface area contributed by atoms with Crippen LogP contribution < -0.4 is 20.4 Å². The number of aliphatic imine (C=N–C) groups is 1. The van der Waals surface area contributed by atoms with Gasteiger partial charge in [-0.1, -0.05) is 23.1 Å². The first-order valence-electron chi connectivity index (χ1n) is 8.21. The van der Waals surface area contributed by atoms with Crippen molar-refractivity contribution in [2.45, 2.75) is 4.90 Å². The number of phenols is 1. The second-order valence-electron chi connectivity index (χ2n) is 5.87. The normalized spacial score (nSPS) is 11.5. The van der Waals surface area contributed by atoms with Gasteiger partial charge < -0.3 is 9.84 Å². The number of aromatic nitrogens is 2. The first-order valence-corrected chi connectivity index (χ1v) is 9.69. The van der Waals surface area contributed by atoms with Crippen molar-refractivity contribution in [2.24, 2.45) is 4.99 Å². The maximum absolute atomic E-state index is 12.5. The van der Waals surface area contributed by atoms with Gasteiger partial charge in [-0.2, -0.15) is 0 Å². The molecule has 0 spiro atoms.